The predicted octanol–water partition coefficient (Wildman–Crippen LogP) is 5.53. The number of carbonyl (C=O) groups is 2. The van der Waals surface area contributed by atoms with Crippen LogP contribution in [0.5, 0.6) is 0 Å². The number of fused-ring (bicyclic) bond motifs is 3. The Morgan fingerprint density at radius 2 is 1.52 bits per heavy atom. The molecule has 2 saturated carbocycles. The Morgan fingerprint density at radius 1 is 0.870 bits per heavy atom. The molecular weight excluding hydrogens is 631 g/mol. The summed E-state index contributed by atoms with van der Waals surface area (Å²) in [6.45, 7) is 0.424. The standard InChI is InChI=1S/C34H26Cl2N4O6/c35-28-24-29(39-32(36)38-28)40(19-37-24)34-25-27(34)45-23(17-44-30(41)21-12-6-2-7-13-21)26(46-31(42)22-14-8-3-9-15-22)33(25,34)18-43-16-20-10-4-1-5-11-20/h1-15,19,23,25-27H,16-18H2/t23-,25-,26?,27?,33?,34?/m1/s1. The van der Waals surface area contributed by atoms with Gasteiger partial charge in [-0.05, 0) is 41.4 Å². The number of hydrogen-bond acceptors (Lipinski definition) is 9. The van der Waals surface area contributed by atoms with E-state index in [9.17, 15) is 9.59 Å². The van der Waals surface area contributed by atoms with Gasteiger partial charge in [-0.25, -0.2) is 19.6 Å². The van der Waals surface area contributed by atoms with Gasteiger partial charge in [-0.3, -0.25) is 0 Å². The van der Waals surface area contributed by atoms with Gasteiger partial charge in [0, 0.05) is 5.92 Å². The van der Waals surface area contributed by atoms with Gasteiger partial charge in [-0.15, -0.1) is 0 Å². The molecule has 4 heterocycles. The molecule has 2 aliphatic carbocycles. The lowest BCUT2D eigenvalue weighted by molar-refractivity contribution is -0.209. The number of ether oxygens (including phenoxy) is 4. The summed E-state index contributed by atoms with van der Waals surface area (Å²) in [5, 5.41) is 0.105. The van der Waals surface area contributed by atoms with E-state index in [4.69, 9.17) is 42.1 Å². The topological polar surface area (TPSA) is 115 Å². The number of hydrogen-bond donors (Lipinski definition) is 0. The van der Waals surface area contributed by atoms with Crippen molar-refractivity contribution in [2.45, 2.75) is 30.5 Å². The third kappa shape index (κ3) is 4.43. The molecule has 46 heavy (non-hydrogen) atoms. The second kappa shape index (κ2) is 11.2. The van der Waals surface area contributed by atoms with Crippen LogP contribution in [-0.2, 0) is 31.1 Å². The van der Waals surface area contributed by atoms with Crippen LogP contribution in [0, 0.1) is 11.3 Å². The van der Waals surface area contributed by atoms with E-state index in [2.05, 4.69) is 15.0 Å². The lowest BCUT2D eigenvalue weighted by atomic mass is 9.79. The molecule has 232 valence electrons. The van der Waals surface area contributed by atoms with Gasteiger partial charge < -0.3 is 23.5 Å². The number of nitrogens with zero attached hydrogens (tertiary/aromatic N) is 4. The summed E-state index contributed by atoms with van der Waals surface area (Å²) >= 11 is 12.6. The van der Waals surface area contributed by atoms with Crippen molar-refractivity contribution >= 4 is 46.3 Å². The van der Waals surface area contributed by atoms with Crippen LogP contribution in [0.25, 0.3) is 11.2 Å². The third-order valence-corrected chi connectivity index (χ3v) is 9.73. The molecule has 4 fully saturated rings. The molecule has 0 spiro atoms. The molecule has 6 atom stereocenters. The first-order chi connectivity index (χ1) is 22.4. The van der Waals surface area contributed by atoms with Crippen LogP contribution in [0.2, 0.25) is 10.4 Å². The first kappa shape index (κ1) is 29.1. The Balaban J connectivity index is 1.17. The zero-order valence-electron chi connectivity index (χ0n) is 24.2. The smallest absolute Gasteiger partial charge is 0.338 e. The van der Waals surface area contributed by atoms with Crippen LogP contribution in [-0.4, -0.2) is 63.0 Å². The highest BCUT2D eigenvalue weighted by molar-refractivity contribution is 6.35. The van der Waals surface area contributed by atoms with Crippen molar-refractivity contribution in [1.82, 2.24) is 19.5 Å². The van der Waals surface area contributed by atoms with E-state index in [-0.39, 0.29) is 35.7 Å². The highest BCUT2D eigenvalue weighted by Crippen LogP contribution is 2.90. The molecule has 10 nitrogen and oxygen atoms in total. The van der Waals surface area contributed by atoms with E-state index in [1.54, 1.807) is 54.9 Å². The molecule has 3 aromatic carbocycles. The zero-order chi connectivity index (χ0) is 31.5. The first-order valence-corrected chi connectivity index (χ1v) is 15.5. The Bertz CT molecular complexity index is 1950. The van der Waals surface area contributed by atoms with Crippen LogP contribution in [0.4, 0.5) is 0 Å². The molecule has 9 rings (SSSR count). The van der Waals surface area contributed by atoms with Crippen molar-refractivity contribution in [3.8, 4) is 0 Å². The van der Waals surface area contributed by atoms with Gasteiger partial charge in [0.2, 0.25) is 5.28 Å². The summed E-state index contributed by atoms with van der Waals surface area (Å²) < 4.78 is 26.9. The molecule has 4 unspecified atom stereocenters. The monoisotopic (exact) mass is 656 g/mol. The summed E-state index contributed by atoms with van der Waals surface area (Å²) in [7, 11) is 0. The second-order valence-electron chi connectivity index (χ2n) is 11.6. The van der Waals surface area contributed by atoms with Crippen molar-refractivity contribution in [1.29, 1.82) is 0 Å². The summed E-state index contributed by atoms with van der Waals surface area (Å²) in [5.74, 6) is -1.15. The SMILES string of the molecule is O=C(OC[C@H]1OC2[C@@H]3C(COCc4ccccc4)(C1OC(=O)c1ccccc1)C23n1cnc2c(Cl)nc(Cl)nc21)c1ccccc1. The minimum absolute atomic E-state index is 0.0216. The van der Waals surface area contributed by atoms with Crippen molar-refractivity contribution in [2.24, 2.45) is 11.3 Å². The number of carbonyl (C=O) groups excluding carboxylic acids is 2. The van der Waals surface area contributed by atoms with Crippen LogP contribution >= 0.6 is 23.2 Å². The molecule has 5 aromatic rings. The van der Waals surface area contributed by atoms with Gasteiger partial charge in [-0.2, -0.15) is 4.98 Å². The minimum Gasteiger partial charge on any atom is -0.459 e. The maximum absolute atomic E-state index is 13.6. The average molecular weight is 658 g/mol. The molecule has 12 heteroatoms. The summed E-state index contributed by atoms with van der Waals surface area (Å²) in [4.78, 5) is 39.6. The van der Waals surface area contributed by atoms with Gasteiger partial charge >= 0.3 is 11.9 Å². The van der Waals surface area contributed by atoms with Gasteiger partial charge in [-0.1, -0.05) is 78.3 Å². The summed E-state index contributed by atoms with van der Waals surface area (Å²) in [6.07, 6.45) is -0.304. The molecule has 2 saturated heterocycles. The molecule has 0 radical (unpaired) electrons. The summed E-state index contributed by atoms with van der Waals surface area (Å²) in [6, 6.07) is 27.2. The van der Waals surface area contributed by atoms with E-state index >= 15 is 0 Å². The van der Waals surface area contributed by atoms with Crippen LogP contribution in [0.15, 0.2) is 97.3 Å². The molecular formula is C34H26Cl2N4O6. The van der Waals surface area contributed by atoms with E-state index in [0.717, 1.165) is 5.56 Å². The lowest BCUT2D eigenvalue weighted by Crippen LogP contribution is -2.60. The Hall–Kier alpha value is -4.35. The zero-order valence-corrected chi connectivity index (χ0v) is 25.7. The van der Waals surface area contributed by atoms with E-state index < -0.39 is 35.1 Å². The number of esters is 2. The van der Waals surface area contributed by atoms with Crippen molar-refractivity contribution in [2.75, 3.05) is 13.2 Å². The highest BCUT2D eigenvalue weighted by Gasteiger charge is 3.03. The van der Waals surface area contributed by atoms with Gasteiger partial charge in [0.25, 0.3) is 0 Å². The number of imidazole rings is 1. The maximum atomic E-state index is 13.6. The van der Waals surface area contributed by atoms with Gasteiger partial charge in [0.15, 0.2) is 10.8 Å². The van der Waals surface area contributed by atoms with Crippen LogP contribution in [0.3, 0.4) is 0 Å². The third-order valence-electron chi connectivity index (χ3n) is 9.29. The maximum Gasteiger partial charge on any atom is 0.338 e. The molecule has 0 N–H and O–H groups in total. The quantitative estimate of drug-likeness (QED) is 0.109. The predicted molar refractivity (Wildman–Crippen MR) is 166 cm³/mol. The lowest BCUT2D eigenvalue weighted by Gasteiger charge is -2.46. The normalized spacial score (nSPS) is 27.1. The van der Waals surface area contributed by atoms with Crippen LogP contribution < -0.4 is 0 Å². The molecule has 0 amide bonds. The average Bonchev–Trinajstić information content (AvgIpc) is 3.87. The number of aromatic nitrogens is 4. The van der Waals surface area contributed by atoms with E-state index in [1.807, 2.05) is 47.0 Å². The summed E-state index contributed by atoms with van der Waals surface area (Å²) in [5.41, 5.74) is 1.12. The number of halogens is 2. The van der Waals surface area contributed by atoms with Crippen molar-refractivity contribution in [3.05, 3.63) is 124 Å². The fourth-order valence-electron chi connectivity index (χ4n) is 7.26. The van der Waals surface area contributed by atoms with Crippen molar-refractivity contribution in [3.63, 3.8) is 0 Å². The number of rotatable bonds is 10. The van der Waals surface area contributed by atoms with Gasteiger partial charge in [0.05, 0.1) is 47.7 Å². The van der Waals surface area contributed by atoms with E-state index in [1.165, 1.54) is 0 Å². The minimum atomic E-state index is -0.861. The Labute approximate surface area is 273 Å². The first-order valence-electron chi connectivity index (χ1n) is 14.8. The fourth-order valence-corrected chi connectivity index (χ4v) is 7.68. The Morgan fingerprint density at radius 3 is 2.22 bits per heavy atom. The van der Waals surface area contributed by atoms with E-state index in [0.29, 0.717) is 28.9 Å². The highest BCUT2D eigenvalue weighted by atomic mass is 35.5. The Kier molecular flexibility index (Phi) is 7.06. The second-order valence-corrected chi connectivity index (χ2v) is 12.3. The molecule has 2 aromatic heterocycles. The largest absolute Gasteiger partial charge is 0.459 e. The fraction of sp³-hybridized carbons (Fsp3) is 0.265. The van der Waals surface area contributed by atoms with Crippen molar-refractivity contribution < 1.29 is 28.5 Å². The molecule has 4 aliphatic rings. The van der Waals surface area contributed by atoms with Crippen LogP contribution in [0.1, 0.15) is 26.3 Å². The molecule has 2 bridgehead atoms. The number of benzene rings is 3. The molecule has 2 aliphatic heterocycles. The van der Waals surface area contributed by atoms with Gasteiger partial charge in [0.1, 0.15) is 24.3 Å².